The Morgan fingerprint density at radius 1 is 1.14 bits per heavy atom. The summed E-state index contributed by atoms with van der Waals surface area (Å²) < 4.78 is 31.0. The van der Waals surface area contributed by atoms with Crippen LogP contribution >= 0.6 is 0 Å². The molecule has 4 rings (SSSR count). The van der Waals surface area contributed by atoms with Crippen LogP contribution in [0.5, 0.6) is 17.2 Å². The molecule has 0 spiro atoms. The first-order chi connectivity index (χ1) is 14.2. The summed E-state index contributed by atoms with van der Waals surface area (Å²) in [7, 11) is 0. The summed E-state index contributed by atoms with van der Waals surface area (Å²) in [6, 6.07) is 16.7. The number of aromatic nitrogens is 2. The molecule has 0 unspecified atom stereocenters. The molecule has 29 heavy (non-hydrogen) atoms. The van der Waals surface area contributed by atoms with Gasteiger partial charge in [-0.15, -0.1) is 0 Å². The lowest BCUT2D eigenvalue weighted by Crippen LogP contribution is -2.30. The molecule has 0 bridgehead atoms. The van der Waals surface area contributed by atoms with Crippen LogP contribution in [0.15, 0.2) is 54.7 Å². The average molecular weight is 392 g/mol. The van der Waals surface area contributed by atoms with E-state index < -0.39 is 5.82 Å². The molecule has 0 saturated carbocycles. The molecule has 2 heterocycles. The average Bonchev–Trinajstić information content (AvgIpc) is 3.22. The van der Waals surface area contributed by atoms with Crippen molar-refractivity contribution in [2.45, 2.75) is 6.54 Å². The summed E-state index contributed by atoms with van der Waals surface area (Å²) >= 11 is 0. The third-order valence-corrected chi connectivity index (χ3v) is 4.31. The summed E-state index contributed by atoms with van der Waals surface area (Å²) in [6.45, 7) is 1.18. The summed E-state index contributed by atoms with van der Waals surface area (Å²) in [5, 5.41) is 9.08. The molecule has 0 amide bonds. The third kappa shape index (κ3) is 4.35. The van der Waals surface area contributed by atoms with Gasteiger partial charge in [-0.2, -0.15) is 10.2 Å². The minimum absolute atomic E-state index is 0.0471. The summed E-state index contributed by atoms with van der Waals surface area (Å²) in [5.41, 5.74) is 0.880. The minimum Gasteiger partial charge on any atom is -0.492 e. The van der Waals surface area contributed by atoms with Gasteiger partial charge < -0.3 is 19.1 Å². The van der Waals surface area contributed by atoms with Crippen LogP contribution < -0.4 is 19.1 Å². The molecule has 3 aromatic rings. The van der Waals surface area contributed by atoms with Crippen LogP contribution in [0, 0.1) is 17.1 Å². The molecule has 0 saturated heterocycles. The van der Waals surface area contributed by atoms with E-state index in [-0.39, 0.29) is 18.4 Å². The van der Waals surface area contributed by atoms with Crippen molar-refractivity contribution in [3.8, 4) is 23.3 Å². The molecule has 0 fully saturated rings. The Morgan fingerprint density at radius 3 is 2.79 bits per heavy atom. The second kappa shape index (κ2) is 8.44. The van der Waals surface area contributed by atoms with E-state index in [4.69, 9.17) is 19.5 Å². The molecule has 8 heteroatoms. The van der Waals surface area contributed by atoms with Gasteiger partial charge in [-0.25, -0.2) is 9.37 Å². The van der Waals surface area contributed by atoms with E-state index in [0.717, 1.165) is 17.5 Å². The van der Waals surface area contributed by atoms with Crippen molar-refractivity contribution >= 4 is 5.82 Å². The first-order valence-electron chi connectivity index (χ1n) is 8.97. The van der Waals surface area contributed by atoms with E-state index in [1.165, 1.54) is 0 Å². The summed E-state index contributed by atoms with van der Waals surface area (Å²) in [6.07, 6.45) is 1.01. The molecule has 1 aromatic heterocycles. The van der Waals surface area contributed by atoms with E-state index >= 15 is 0 Å². The van der Waals surface area contributed by atoms with Gasteiger partial charge in [0.1, 0.15) is 18.4 Å². The Kier molecular flexibility index (Phi) is 5.38. The van der Waals surface area contributed by atoms with Gasteiger partial charge in [-0.05, 0) is 29.8 Å². The first-order valence-corrected chi connectivity index (χ1v) is 8.97. The minimum atomic E-state index is -0.607. The topological polar surface area (TPSA) is 80.5 Å². The quantitative estimate of drug-likeness (QED) is 0.610. The van der Waals surface area contributed by atoms with Gasteiger partial charge >= 0.3 is 0 Å². The lowest BCUT2D eigenvalue weighted by atomic mass is 10.2. The number of para-hydroxylation sites is 1. The van der Waals surface area contributed by atoms with Crippen molar-refractivity contribution in [1.29, 1.82) is 5.26 Å². The highest BCUT2D eigenvalue weighted by Gasteiger charge is 2.19. The SMILES string of the molecule is N#Cc1ncc(F)c(N(CCOc2ccccc2)Cc2ccc3c(c2)OCO3)n1. The Balaban J connectivity index is 1.55. The molecule has 146 valence electrons. The van der Waals surface area contributed by atoms with Crippen molar-refractivity contribution in [2.75, 3.05) is 24.8 Å². The predicted octanol–water partition coefficient (Wildman–Crippen LogP) is 3.30. The second-order valence-electron chi connectivity index (χ2n) is 6.25. The molecule has 0 radical (unpaired) electrons. The lowest BCUT2D eigenvalue weighted by molar-refractivity contribution is 0.174. The first kappa shape index (κ1) is 18.5. The van der Waals surface area contributed by atoms with Gasteiger partial charge in [-0.3, -0.25) is 0 Å². The molecule has 0 aliphatic carbocycles. The zero-order chi connectivity index (χ0) is 20.1. The Morgan fingerprint density at radius 2 is 1.97 bits per heavy atom. The fourth-order valence-corrected chi connectivity index (χ4v) is 2.94. The number of hydrogen-bond acceptors (Lipinski definition) is 7. The van der Waals surface area contributed by atoms with Crippen LogP contribution in [0.4, 0.5) is 10.2 Å². The molecule has 1 aliphatic heterocycles. The number of fused-ring (bicyclic) bond motifs is 1. The van der Waals surface area contributed by atoms with E-state index in [1.54, 1.807) is 4.90 Å². The van der Waals surface area contributed by atoms with Crippen molar-refractivity contribution in [3.63, 3.8) is 0 Å². The number of nitriles is 1. The smallest absolute Gasteiger partial charge is 0.234 e. The van der Waals surface area contributed by atoms with Crippen LogP contribution in [0.2, 0.25) is 0 Å². The fraction of sp³-hybridized carbons (Fsp3) is 0.190. The van der Waals surface area contributed by atoms with Crippen LogP contribution in [-0.4, -0.2) is 29.9 Å². The van der Waals surface area contributed by atoms with Crippen molar-refractivity contribution in [3.05, 3.63) is 71.9 Å². The van der Waals surface area contributed by atoms with Gasteiger partial charge in [-0.1, -0.05) is 24.3 Å². The standard InChI is InChI=1S/C21H17FN4O3/c22-17-12-24-20(11-23)25-21(17)26(8-9-27-16-4-2-1-3-5-16)13-15-6-7-18-19(10-15)29-14-28-18/h1-7,10,12H,8-9,13-14H2. The number of nitrogens with zero attached hydrogens (tertiary/aromatic N) is 4. The highest BCUT2D eigenvalue weighted by atomic mass is 19.1. The summed E-state index contributed by atoms with van der Waals surface area (Å²) in [4.78, 5) is 9.44. The number of anilines is 1. The molecule has 1 aliphatic rings. The van der Waals surface area contributed by atoms with Crippen LogP contribution in [0.1, 0.15) is 11.4 Å². The maximum absolute atomic E-state index is 14.5. The van der Waals surface area contributed by atoms with Gasteiger partial charge in [0.25, 0.3) is 0 Å². The Bertz CT molecular complexity index is 1040. The molecular weight excluding hydrogens is 375 g/mol. The monoisotopic (exact) mass is 392 g/mol. The molecule has 0 N–H and O–H groups in total. The van der Waals surface area contributed by atoms with E-state index in [0.29, 0.717) is 31.2 Å². The number of halogens is 1. The fourth-order valence-electron chi connectivity index (χ4n) is 2.94. The second-order valence-corrected chi connectivity index (χ2v) is 6.25. The molecule has 0 atom stereocenters. The number of rotatable bonds is 7. The van der Waals surface area contributed by atoms with Gasteiger partial charge in [0.15, 0.2) is 23.1 Å². The largest absolute Gasteiger partial charge is 0.492 e. The predicted molar refractivity (Wildman–Crippen MR) is 102 cm³/mol. The molecule has 7 nitrogen and oxygen atoms in total. The number of hydrogen-bond donors (Lipinski definition) is 0. The van der Waals surface area contributed by atoms with Crippen molar-refractivity contribution in [1.82, 2.24) is 9.97 Å². The number of benzene rings is 2. The van der Waals surface area contributed by atoms with Crippen molar-refractivity contribution < 1.29 is 18.6 Å². The van der Waals surface area contributed by atoms with Crippen molar-refractivity contribution in [2.24, 2.45) is 0 Å². The third-order valence-electron chi connectivity index (χ3n) is 4.31. The van der Waals surface area contributed by atoms with Crippen LogP contribution in [0.25, 0.3) is 0 Å². The highest BCUT2D eigenvalue weighted by Crippen LogP contribution is 2.33. The van der Waals surface area contributed by atoms with Crippen LogP contribution in [0.3, 0.4) is 0 Å². The zero-order valence-corrected chi connectivity index (χ0v) is 15.4. The van der Waals surface area contributed by atoms with E-state index in [1.807, 2.05) is 54.6 Å². The maximum atomic E-state index is 14.5. The van der Waals surface area contributed by atoms with Gasteiger partial charge in [0, 0.05) is 6.54 Å². The molecule has 2 aromatic carbocycles. The molecular formula is C21H17FN4O3. The van der Waals surface area contributed by atoms with E-state index in [9.17, 15) is 4.39 Å². The Labute approximate surface area is 166 Å². The van der Waals surface area contributed by atoms with E-state index in [2.05, 4.69) is 9.97 Å². The van der Waals surface area contributed by atoms with Gasteiger partial charge in [0.05, 0.1) is 12.7 Å². The zero-order valence-electron chi connectivity index (χ0n) is 15.4. The highest BCUT2D eigenvalue weighted by molar-refractivity contribution is 5.47. The lowest BCUT2D eigenvalue weighted by Gasteiger charge is -2.24. The normalized spacial score (nSPS) is 11.7. The Hall–Kier alpha value is -3.86. The van der Waals surface area contributed by atoms with Crippen LogP contribution in [-0.2, 0) is 6.54 Å². The summed E-state index contributed by atoms with van der Waals surface area (Å²) in [5.74, 6) is 1.38. The van der Waals surface area contributed by atoms with Gasteiger partial charge in [0.2, 0.25) is 12.6 Å². The maximum Gasteiger partial charge on any atom is 0.234 e. The number of ether oxygens (including phenoxy) is 3.